The fourth-order valence-corrected chi connectivity index (χ4v) is 3.14. The third kappa shape index (κ3) is 9.29. The Morgan fingerprint density at radius 3 is 2.09 bits per heavy atom. The monoisotopic (exact) mass is 370 g/mol. The smallest absolute Gasteiger partial charge is 0.246 e. The van der Waals surface area contributed by atoms with Crippen molar-refractivity contribution in [2.24, 2.45) is 5.73 Å². The topological polar surface area (TPSA) is 46.3 Å². The molecule has 0 aromatic carbocycles. The first-order valence-electron chi connectivity index (χ1n) is 8.71. The lowest BCUT2D eigenvalue weighted by Crippen LogP contribution is -2.29. The summed E-state index contributed by atoms with van der Waals surface area (Å²) in [6.45, 7) is 1.69. The SMILES string of the molecule is NC(=O)C1=CC=CN(CCCCCCCCCCCCBr)C1. The highest BCUT2D eigenvalue weighted by molar-refractivity contribution is 9.09. The van der Waals surface area contributed by atoms with Crippen molar-refractivity contribution in [3.05, 3.63) is 23.9 Å². The molecule has 0 spiro atoms. The molecule has 1 aliphatic rings. The van der Waals surface area contributed by atoms with Crippen LogP contribution in [0.25, 0.3) is 0 Å². The Morgan fingerprint density at radius 1 is 1.00 bits per heavy atom. The summed E-state index contributed by atoms with van der Waals surface area (Å²) in [5.74, 6) is -0.300. The minimum atomic E-state index is -0.300. The number of hydrogen-bond acceptors (Lipinski definition) is 2. The van der Waals surface area contributed by atoms with E-state index in [1.807, 2.05) is 12.2 Å². The number of halogens is 1. The van der Waals surface area contributed by atoms with Crippen molar-refractivity contribution in [1.82, 2.24) is 4.90 Å². The van der Waals surface area contributed by atoms with Gasteiger partial charge in [-0.15, -0.1) is 0 Å². The summed E-state index contributed by atoms with van der Waals surface area (Å²) in [6.07, 6.45) is 19.2. The molecule has 0 unspecified atom stereocenters. The molecule has 0 saturated heterocycles. The molecule has 126 valence electrons. The van der Waals surface area contributed by atoms with E-state index in [0.29, 0.717) is 12.1 Å². The molecule has 22 heavy (non-hydrogen) atoms. The largest absolute Gasteiger partial charge is 0.373 e. The molecular weight excluding hydrogens is 340 g/mol. The van der Waals surface area contributed by atoms with Crippen LogP contribution in [0.15, 0.2) is 23.9 Å². The van der Waals surface area contributed by atoms with Gasteiger partial charge in [0.15, 0.2) is 0 Å². The molecule has 0 aromatic heterocycles. The van der Waals surface area contributed by atoms with Crippen LogP contribution in [0, 0.1) is 0 Å². The van der Waals surface area contributed by atoms with Gasteiger partial charge in [0.1, 0.15) is 0 Å². The van der Waals surface area contributed by atoms with Crippen molar-refractivity contribution in [3.63, 3.8) is 0 Å². The minimum Gasteiger partial charge on any atom is -0.373 e. The average Bonchev–Trinajstić information content (AvgIpc) is 2.53. The van der Waals surface area contributed by atoms with E-state index >= 15 is 0 Å². The number of carbonyl (C=O) groups is 1. The number of amides is 1. The van der Waals surface area contributed by atoms with Crippen LogP contribution in [0.5, 0.6) is 0 Å². The summed E-state index contributed by atoms with van der Waals surface area (Å²) < 4.78 is 0. The quantitative estimate of drug-likeness (QED) is 0.382. The fraction of sp³-hybridized carbons (Fsp3) is 0.722. The van der Waals surface area contributed by atoms with Gasteiger partial charge in [0.05, 0.1) is 0 Å². The number of unbranched alkanes of at least 4 members (excludes halogenated alkanes) is 9. The highest BCUT2D eigenvalue weighted by Crippen LogP contribution is 2.12. The van der Waals surface area contributed by atoms with E-state index < -0.39 is 0 Å². The average molecular weight is 371 g/mol. The molecule has 2 N–H and O–H groups in total. The Balaban J connectivity index is 1.89. The summed E-state index contributed by atoms with van der Waals surface area (Å²) in [6, 6.07) is 0. The van der Waals surface area contributed by atoms with Gasteiger partial charge in [-0.1, -0.05) is 73.4 Å². The first kappa shape index (κ1) is 19.3. The lowest BCUT2D eigenvalue weighted by molar-refractivity contribution is -0.114. The molecule has 0 radical (unpaired) electrons. The van der Waals surface area contributed by atoms with Gasteiger partial charge in [-0.25, -0.2) is 0 Å². The summed E-state index contributed by atoms with van der Waals surface area (Å²) in [5, 5.41) is 1.15. The van der Waals surface area contributed by atoms with E-state index in [2.05, 4.69) is 27.0 Å². The first-order chi connectivity index (χ1) is 10.7. The van der Waals surface area contributed by atoms with Crippen LogP contribution in [0.4, 0.5) is 0 Å². The number of allylic oxidation sites excluding steroid dienone is 2. The maximum Gasteiger partial charge on any atom is 0.246 e. The van der Waals surface area contributed by atoms with Crippen molar-refractivity contribution in [1.29, 1.82) is 0 Å². The second-order valence-electron chi connectivity index (χ2n) is 6.09. The van der Waals surface area contributed by atoms with E-state index in [4.69, 9.17) is 5.73 Å². The van der Waals surface area contributed by atoms with Crippen molar-refractivity contribution in [2.75, 3.05) is 18.4 Å². The Hall–Kier alpha value is -0.770. The normalized spacial score (nSPS) is 14.2. The first-order valence-corrected chi connectivity index (χ1v) is 9.83. The van der Waals surface area contributed by atoms with Gasteiger partial charge in [-0.05, 0) is 25.1 Å². The number of rotatable bonds is 13. The zero-order valence-electron chi connectivity index (χ0n) is 13.7. The van der Waals surface area contributed by atoms with Crippen LogP contribution >= 0.6 is 15.9 Å². The molecule has 0 aliphatic carbocycles. The van der Waals surface area contributed by atoms with Crippen LogP contribution in [0.2, 0.25) is 0 Å². The number of alkyl halides is 1. The van der Waals surface area contributed by atoms with Gasteiger partial charge in [-0.2, -0.15) is 0 Å². The van der Waals surface area contributed by atoms with Crippen molar-refractivity contribution in [3.8, 4) is 0 Å². The molecule has 1 aliphatic heterocycles. The predicted octanol–water partition coefficient (Wildman–Crippen LogP) is 4.52. The van der Waals surface area contributed by atoms with Gasteiger partial charge >= 0.3 is 0 Å². The molecule has 0 aromatic rings. The maximum atomic E-state index is 11.2. The molecule has 1 rings (SSSR count). The Kier molecular flexibility index (Phi) is 11.2. The lowest BCUT2D eigenvalue weighted by Gasteiger charge is -2.23. The van der Waals surface area contributed by atoms with E-state index in [9.17, 15) is 4.79 Å². The highest BCUT2D eigenvalue weighted by Gasteiger charge is 2.11. The van der Waals surface area contributed by atoms with E-state index in [0.717, 1.165) is 11.9 Å². The molecular formula is C18H31BrN2O. The molecule has 1 heterocycles. The molecule has 0 fully saturated rings. The summed E-state index contributed by atoms with van der Waals surface area (Å²) >= 11 is 3.47. The fourth-order valence-electron chi connectivity index (χ4n) is 2.74. The molecule has 4 heteroatoms. The van der Waals surface area contributed by atoms with E-state index in [1.165, 1.54) is 64.2 Å². The van der Waals surface area contributed by atoms with Crippen molar-refractivity contribution in [2.45, 2.75) is 64.2 Å². The molecule has 3 nitrogen and oxygen atoms in total. The Labute approximate surface area is 144 Å². The van der Waals surface area contributed by atoms with Gasteiger partial charge < -0.3 is 10.6 Å². The number of carbonyl (C=O) groups excluding carboxylic acids is 1. The summed E-state index contributed by atoms with van der Waals surface area (Å²) in [7, 11) is 0. The Morgan fingerprint density at radius 2 is 1.55 bits per heavy atom. The van der Waals surface area contributed by atoms with Crippen LogP contribution in [0.1, 0.15) is 64.2 Å². The van der Waals surface area contributed by atoms with Gasteiger partial charge in [0.2, 0.25) is 5.91 Å². The van der Waals surface area contributed by atoms with Crippen molar-refractivity contribution >= 4 is 21.8 Å². The lowest BCUT2D eigenvalue weighted by atomic mass is 10.1. The minimum absolute atomic E-state index is 0.300. The molecule has 1 amide bonds. The number of hydrogen-bond donors (Lipinski definition) is 1. The number of nitrogens with two attached hydrogens (primary N) is 1. The van der Waals surface area contributed by atoms with Crippen LogP contribution in [-0.4, -0.2) is 29.2 Å². The second kappa shape index (κ2) is 12.7. The summed E-state index contributed by atoms with van der Waals surface area (Å²) in [5.41, 5.74) is 6.03. The third-order valence-corrected chi connectivity index (χ3v) is 4.67. The van der Waals surface area contributed by atoms with Crippen molar-refractivity contribution < 1.29 is 4.79 Å². The van der Waals surface area contributed by atoms with Crippen LogP contribution < -0.4 is 5.73 Å². The molecule has 0 saturated carbocycles. The zero-order chi connectivity index (χ0) is 16.0. The van der Waals surface area contributed by atoms with E-state index in [1.54, 1.807) is 0 Å². The number of primary amides is 1. The molecule has 0 bridgehead atoms. The Bertz CT molecular complexity index is 366. The zero-order valence-corrected chi connectivity index (χ0v) is 15.3. The number of nitrogens with zero attached hydrogens (tertiary/aromatic N) is 1. The van der Waals surface area contributed by atoms with Gasteiger partial charge in [-0.3, -0.25) is 4.79 Å². The van der Waals surface area contributed by atoms with Gasteiger partial charge in [0, 0.05) is 24.0 Å². The molecule has 0 atom stereocenters. The van der Waals surface area contributed by atoms with Gasteiger partial charge in [0.25, 0.3) is 0 Å². The predicted molar refractivity (Wildman–Crippen MR) is 98.0 cm³/mol. The standard InChI is InChI=1S/C18H31BrN2O/c19-13-9-7-5-3-1-2-4-6-8-10-14-21-15-11-12-17(16-21)18(20)22/h11-12,15H,1-10,13-14,16H2,(H2,20,22). The second-order valence-corrected chi connectivity index (χ2v) is 6.89. The summed E-state index contributed by atoms with van der Waals surface area (Å²) in [4.78, 5) is 13.3. The third-order valence-electron chi connectivity index (χ3n) is 4.11. The van der Waals surface area contributed by atoms with Crippen LogP contribution in [0.3, 0.4) is 0 Å². The van der Waals surface area contributed by atoms with Crippen LogP contribution in [-0.2, 0) is 4.79 Å². The van der Waals surface area contributed by atoms with E-state index in [-0.39, 0.29) is 5.91 Å². The maximum absolute atomic E-state index is 11.2. The highest BCUT2D eigenvalue weighted by atomic mass is 79.9.